The first-order valence-electron chi connectivity index (χ1n) is 5.24. The summed E-state index contributed by atoms with van der Waals surface area (Å²) in [5, 5.41) is 10.1. The number of hydrogen-bond donors (Lipinski definition) is 2. The molecule has 2 rings (SSSR count). The second kappa shape index (κ2) is 3.42. The number of nitrogens with two attached hydrogens (primary N) is 1. The molecule has 0 radical (unpaired) electrons. The Morgan fingerprint density at radius 1 is 1.40 bits per heavy atom. The molecular weight excluding hydrogens is 190 g/mol. The maximum Gasteiger partial charge on any atom is 0.163 e. The molecule has 1 saturated carbocycles. The molecule has 1 aliphatic rings. The summed E-state index contributed by atoms with van der Waals surface area (Å²) < 4.78 is 5.10. The highest BCUT2D eigenvalue weighted by atomic mass is 16.5. The van der Waals surface area contributed by atoms with E-state index in [1.165, 1.54) is 0 Å². The summed E-state index contributed by atoms with van der Waals surface area (Å²) >= 11 is 0. The molecule has 3 nitrogen and oxygen atoms in total. The lowest BCUT2D eigenvalue weighted by molar-refractivity contribution is 0.241. The molecule has 0 spiro atoms. The van der Waals surface area contributed by atoms with E-state index in [0.29, 0.717) is 5.75 Å². The summed E-state index contributed by atoms with van der Waals surface area (Å²) in [7, 11) is 1.55. The molecule has 82 valence electrons. The van der Waals surface area contributed by atoms with Gasteiger partial charge in [-0.05, 0) is 37.8 Å². The topological polar surface area (TPSA) is 55.5 Å². The van der Waals surface area contributed by atoms with Crippen LogP contribution in [0.3, 0.4) is 0 Å². The minimum atomic E-state index is -0.345. The van der Waals surface area contributed by atoms with Gasteiger partial charge < -0.3 is 15.6 Å². The van der Waals surface area contributed by atoms with Gasteiger partial charge >= 0.3 is 0 Å². The zero-order valence-electron chi connectivity index (χ0n) is 9.21. The lowest BCUT2D eigenvalue weighted by Gasteiger charge is -2.40. The van der Waals surface area contributed by atoms with Crippen molar-refractivity contribution >= 4 is 0 Å². The summed E-state index contributed by atoms with van der Waals surface area (Å²) in [6.45, 7) is 1.97. The fourth-order valence-electron chi connectivity index (χ4n) is 2.27. The zero-order chi connectivity index (χ0) is 11.1. The number of rotatable bonds is 2. The molecule has 0 aliphatic heterocycles. The van der Waals surface area contributed by atoms with E-state index in [2.05, 4.69) is 0 Å². The largest absolute Gasteiger partial charge is 0.504 e. The van der Waals surface area contributed by atoms with Crippen LogP contribution in [-0.4, -0.2) is 12.2 Å². The van der Waals surface area contributed by atoms with Gasteiger partial charge in [0.05, 0.1) is 7.11 Å². The van der Waals surface area contributed by atoms with E-state index in [9.17, 15) is 5.11 Å². The van der Waals surface area contributed by atoms with Crippen LogP contribution >= 0.6 is 0 Å². The van der Waals surface area contributed by atoms with Crippen LogP contribution in [-0.2, 0) is 5.54 Å². The van der Waals surface area contributed by atoms with Gasteiger partial charge in [-0.25, -0.2) is 0 Å². The molecule has 1 aromatic rings. The van der Waals surface area contributed by atoms with Gasteiger partial charge in [0.2, 0.25) is 0 Å². The summed E-state index contributed by atoms with van der Waals surface area (Å²) in [6.07, 6.45) is 3.01. The Bertz CT molecular complexity index is 383. The van der Waals surface area contributed by atoms with Gasteiger partial charge in [0.15, 0.2) is 11.5 Å². The molecule has 1 fully saturated rings. The van der Waals surface area contributed by atoms with Crippen molar-refractivity contribution in [2.24, 2.45) is 5.73 Å². The molecule has 0 aromatic heterocycles. The second-order valence-corrected chi connectivity index (χ2v) is 4.32. The van der Waals surface area contributed by atoms with Gasteiger partial charge in [-0.3, -0.25) is 0 Å². The second-order valence-electron chi connectivity index (χ2n) is 4.32. The summed E-state index contributed by atoms with van der Waals surface area (Å²) in [6, 6.07) is 3.72. The average Bonchev–Trinajstić information content (AvgIpc) is 2.15. The molecule has 0 bridgehead atoms. The summed E-state index contributed by atoms with van der Waals surface area (Å²) in [5.74, 6) is 0.715. The third kappa shape index (κ3) is 1.47. The van der Waals surface area contributed by atoms with Gasteiger partial charge in [0, 0.05) is 11.1 Å². The Kier molecular flexibility index (Phi) is 2.35. The van der Waals surface area contributed by atoms with Gasteiger partial charge in [-0.1, -0.05) is 6.07 Å². The molecule has 3 heteroatoms. The van der Waals surface area contributed by atoms with Crippen LogP contribution in [0.5, 0.6) is 11.5 Å². The number of aryl methyl sites for hydroxylation is 1. The van der Waals surface area contributed by atoms with Crippen LogP contribution < -0.4 is 10.5 Å². The SMILES string of the molecule is COc1ccc(C)c(C2(N)CCC2)c1O. The lowest BCUT2D eigenvalue weighted by atomic mass is 9.71. The van der Waals surface area contributed by atoms with Crippen LogP contribution in [0, 0.1) is 6.92 Å². The van der Waals surface area contributed by atoms with E-state index >= 15 is 0 Å². The fraction of sp³-hybridized carbons (Fsp3) is 0.500. The van der Waals surface area contributed by atoms with E-state index in [1.54, 1.807) is 13.2 Å². The van der Waals surface area contributed by atoms with Crippen molar-refractivity contribution in [2.45, 2.75) is 31.7 Å². The highest BCUT2D eigenvalue weighted by Crippen LogP contribution is 2.46. The molecule has 0 amide bonds. The van der Waals surface area contributed by atoms with Crippen molar-refractivity contribution in [3.05, 3.63) is 23.3 Å². The van der Waals surface area contributed by atoms with Crippen molar-refractivity contribution in [2.75, 3.05) is 7.11 Å². The number of benzene rings is 1. The van der Waals surface area contributed by atoms with Gasteiger partial charge in [-0.15, -0.1) is 0 Å². The van der Waals surface area contributed by atoms with Gasteiger partial charge in [0.1, 0.15) is 0 Å². The highest BCUT2D eigenvalue weighted by Gasteiger charge is 2.38. The Balaban J connectivity index is 2.53. The van der Waals surface area contributed by atoms with Gasteiger partial charge in [-0.2, -0.15) is 0 Å². The normalized spacial score (nSPS) is 18.3. The van der Waals surface area contributed by atoms with Crippen molar-refractivity contribution in [1.82, 2.24) is 0 Å². The first-order chi connectivity index (χ1) is 7.08. The smallest absolute Gasteiger partial charge is 0.163 e. The van der Waals surface area contributed by atoms with Crippen LogP contribution in [0.4, 0.5) is 0 Å². The molecule has 3 N–H and O–H groups in total. The molecular formula is C12H17NO2. The standard InChI is InChI=1S/C12H17NO2/c1-8-4-5-9(15-2)11(14)10(8)12(13)6-3-7-12/h4-5,14H,3,6-7,13H2,1-2H3. The maximum absolute atomic E-state index is 10.1. The third-order valence-electron chi connectivity index (χ3n) is 3.31. The molecule has 0 unspecified atom stereocenters. The number of ether oxygens (including phenoxy) is 1. The van der Waals surface area contributed by atoms with Crippen molar-refractivity contribution in [1.29, 1.82) is 0 Å². The zero-order valence-corrected chi connectivity index (χ0v) is 9.21. The van der Waals surface area contributed by atoms with Crippen LogP contribution in [0.15, 0.2) is 12.1 Å². The maximum atomic E-state index is 10.1. The Labute approximate surface area is 89.9 Å². The molecule has 1 aliphatic carbocycles. The number of phenols is 1. The molecule has 1 aromatic carbocycles. The van der Waals surface area contributed by atoms with Gasteiger partial charge in [0.25, 0.3) is 0 Å². The van der Waals surface area contributed by atoms with Crippen molar-refractivity contribution in [3.63, 3.8) is 0 Å². The van der Waals surface area contributed by atoms with Crippen LogP contribution in [0.1, 0.15) is 30.4 Å². The quantitative estimate of drug-likeness (QED) is 0.780. The Morgan fingerprint density at radius 3 is 2.53 bits per heavy atom. The molecule has 0 heterocycles. The average molecular weight is 207 g/mol. The minimum Gasteiger partial charge on any atom is -0.504 e. The van der Waals surface area contributed by atoms with E-state index in [0.717, 1.165) is 30.4 Å². The van der Waals surface area contributed by atoms with Crippen LogP contribution in [0.2, 0.25) is 0 Å². The van der Waals surface area contributed by atoms with E-state index in [4.69, 9.17) is 10.5 Å². The first kappa shape index (κ1) is 10.3. The highest BCUT2D eigenvalue weighted by molar-refractivity contribution is 5.53. The number of hydrogen-bond acceptors (Lipinski definition) is 3. The van der Waals surface area contributed by atoms with E-state index in [-0.39, 0.29) is 11.3 Å². The monoisotopic (exact) mass is 207 g/mol. The summed E-state index contributed by atoms with van der Waals surface area (Å²) in [4.78, 5) is 0. The molecule has 15 heavy (non-hydrogen) atoms. The first-order valence-corrected chi connectivity index (χ1v) is 5.24. The van der Waals surface area contributed by atoms with E-state index < -0.39 is 0 Å². The molecule has 0 atom stereocenters. The lowest BCUT2D eigenvalue weighted by Crippen LogP contribution is -2.43. The van der Waals surface area contributed by atoms with Crippen molar-refractivity contribution < 1.29 is 9.84 Å². The number of methoxy groups -OCH3 is 1. The molecule has 0 saturated heterocycles. The Morgan fingerprint density at radius 2 is 2.07 bits per heavy atom. The fourth-order valence-corrected chi connectivity index (χ4v) is 2.27. The summed E-state index contributed by atoms with van der Waals surface area (Å²) in [5.41, 5.74) is 7.78. The minimum absolute atomic E-state index is 0.208. The number of phenolic OH excluding ortho intramolecular Hbond substituents is 1. The third-order valence-corrected chi connectivity index (χ3v) is 3.31. The number of aromatic hydroxyl groups is 1. The van der Waals surface area contributed by atoms with Crippen LogP contribution in [0.25, 0.3) is 0 Å². The predicted molar refractivity (Wildman–Crippen MR) is 59.1 cm³/mol. The predicted octanol–water partition coefficient (Wildman–Crippen LogP) is 2.05. The van der Waals surface area contributed by atoms with E-state index in [1.807, 2.05) is 13.0 Å². The Hall–Kier alpha value is -1.22. The van der Waals surface area contributed by atoms with Crippen molar-refractivity contribution in [3.8, 4) is 11.5 Å².